The fourth-order valence-corrected chi connectivity index (χ4v) is 1.77. The van der Waals surface area contributed by atoms with Crippen molar-refractivity contribution < 1.29 is 19.1 Å². The Labute approximate surface area is 124 Å². The van der Waals surface area contributed by atoms with E-state index in [1.807, 2.05) is 6.07 Å². The predicted octanol–water partition coefficient (Wildman–Crippen LogP) is 1.43. The van der Waals surface area contributed by atoms with Crippen LogP contribution in [-0.2, 0) is 14.3 Å². The van der Waals surface area contributed by atoms with E-state index >= 15 is 0 Å². The molecule has 6 nitrogen and oxygen atoms in total. The molecule has 0 radical (unpaired) electrons. The Balaban J connectivity index is 2.35. The minimum Gasteiger partial charge on any atom is -0.465 e. The Kier molecular flexibility index (Phi) is 7.89. The average Bonchev–Trinajstić information content (AvgIpc) is 2.51. The van der Waals surface area contributed by atoms with Crippen molar-refractivity contribution in [1.29, 1.82) is 0 Å². The first-order valence-electron chi connectivity index (χ1n) is 6.86. The third-order valence-corrected chi connectivity index (χ3v) is 2.85. The molecule has 0 fully saturated rings. The number of amides is 1. The zero-order valence-electron chi connectivity index (χ0n) is 12.5. The van der Waals surface area contributed by atoms with Crippen LogP contribution in [0.2, 0.25) is 0 Å². The number of carbonyl (C=O) groups excluding carboxylic acids is 2. The zero-order valence-corrected chi connectivity index (χ0v) is 12.5. The molecule has 1 aromatic rings. The van der Waals surface area contributed by atoms with E-state index in [1.165, 1.54) is 7.11 Å². The molecule has 0 saturated carbocycles. The molecule has 0 aliphatic rings. The highest BCUT2D eigenvalue weighted by molar-refractivity contribution is 5.95. The standard InChI is InChI=1S/C15H22N2O4/c1-20-11-5-9-17-14(18)8-10-16-13-7-4-3-6-12(13)15(19)21-2/h3-4,6-7,16H,5,8-11H2,1-2H3,(H,17,18). The van der Waals surface area contributed by atoms with Gasteiger partial charge in [-0.05, 0) is 18.6 Å². The van der Waals surface area contributed by atoms with Crippen LogP contribution in [0.15, 0.2) is 24.3 Å². The normalized spacial score (nSPS) is 10.0. The summed E-state index contributed by atoms with van der Waals surface area (Å²) in [6.07, 6.45) is 1.13. The summed E-state index contributed by atoms with van der Waals surface area (Å²) in [5.41, 5.74) is 1.12. The predicted molar refractivity (Wildman–Crippen MR) is 80.4 cm³/mol. The number of carbonyl (C=O) groups is 2. The third-order valence-electron chi connectivity index (χ3n) is 2.85. The lowest BCUT2D eigenvalue weighted by Crippen LogP contribution is -2.27. The van der Waals surface area contributed by atoms with Gasteiger partial charge in [0.1, 0.15) is 0 Å². The lowest BCUT2D eigenvalue weighted by molar-refractivity contribution is -0.120. The minimum atomic E-state index is -0.401. The van der Waals surface area contributed by atoms with Gasteiger partial charge in [0, 0.05) is 38.9 Å². The molecule has 116 valence electrons. The van der Waals surface area contributed by atoms with E-state index in [0.717, 1.165) is 6.42 Å². The van der Waals surface area contributed by atoms with E-state index in [9.17, 15) is 9.59 Å². The van der Waals surface area contributed by atoms with Crippen LogP contribution in [0, 0.1) is 0 Å². The molecule has 2 N–H and O–H groups in total. The summed E-state index contributed by atoms with van der Waals surface area (Å²) in [5, 5.41) is 5.88. The highest BCUT2D eigenvalue weighted by Crippen LogP contribution is 2.15. The third kappa shape index (κ3) is 6.27. The second-order valence-electron chi connectivity index (χ2n) is 4.41. The van der Waals surface area contributed by atoms with Crippen LogP contribution in [-0.4, -0.2) is 45.8 Å². The van der Waals surface area contributed by atoms with Gasteiger partial charge in [-0.25, -0.2) is 4.79 Å². The van der Waals surface area contributed by atoms with Crippen LogP contribution in [0.4, 0.5) is 5.69 Å². The van der Waals surface area contributed by atoms with E-state index in [2.05, 4.69) is 10.6 Å². The summed E-state index contributed by atoms with van der Waals surface area (Å²) in [7, 11) is 2.97. The van der Waals surface area contributed by atoms with Gasteiger partial charge in [-0.1, -0.05) is 12.1 Å². The highest BCUT2D eigenvalue weighted by atomic mass is 16.5. The average molecular weight is 294 g/mol. The van der Waals surface area contributed by atoms with Gasteiger partial charge in [0.05, 0.1) is 12.7 Å². The maximum atomic E-state index is 11.6. The van der Waals surface area contributed by atoms with Crippen molar-refractivity contribution in [3.05, 3.63) is 29.8 Å². The molecule has 0 aromatic heterocycles. The number of para-hydroxylation sites is 1. The van der Waals surface area contributed by atoms with E-state index in [-0.39, 0.29) is 5.91 Å². The van der Waals surface area contributed by atoms with Gasteiger partial charge in [0.25, 0.3) is 0 Å². The highest BCUT2D eigenvalue weighted by Gasteiger charge is 2.10. The smallest absolute Gasteiger partial charge is 0.339 e. The van der Waals surface area contributed by atoms with Crippen molar-refractivity contribution in [3.63, 3.8) is 0 Å². The Morgan fingerprint density at radius 1 is 1.14 bits per heavy atom. The van der Waals surface area contributed by atoms with Crippen molar-refractivity contribution in [2.75, 3.05) is 39.2 Å². The Morgan fingerprint density at radius 3 is 2.62 bits per heavy atom. The summed E-state index contributed by atoms with van der Waals surface area (Å²) in [5.74, 6) is -0.434. The van der Waals surface area contributed by atoms with Crippen LogP contribution in [0.3, 0.4) is 0 Å². The topological polar surface area (TPSA) is 76.7 Å². The first-order chi connectivity index (χ1) is 10.2. The Bertz CT molecular complexity index is 463. The zero-order chi connectivity index (χ0) is 15.5. The molecular weight excluding hydrogens is 272 g/mol. The number of hydrogen-bond donors (Lipinski definition) is 2. The monoisotopic (exact) mass is 294 g/mol. The summed E-state index contributed by atoms with van der Waals surface area (Å²) in [4.78, 5) is 23.2. The van der Waals surface area contributed by atoms with Gasteiger partial charge in [-0.3, -0.25) is 4.79 Å². The Hall–Kier alpha value is -2.08. The fourth-order valence-electron chi connectivity index (χ4n) is 1.77. The van der Waals surface area contributed by atoms with Gasteiger partial charge in [0.2, 0.25) is 5.91 Å². The Morgan fingerprint density at radius 2 is 1.90 bits per heavy atom. The number of hydrogen-bond acceptors (Lipinski definition) is 5. The van der Waals surface area contributed by atoms with Crippen LogP contribution in [0.1, 0.15) is 23.2 Å². The lowest BCUT2D eigenvalue weighted by Gasteiger charge is -2.10. The molecule has 1 amide bonds. The molecule has 0 unspecified atom stereocenters. The second kappa shape index (κ2) is 9.77. The van der Waals surface area contributed by atoms with E-state index < -0.39 is 5.97 Å². The number of methoxy groups -OCH3 is 2. The summed E-state index contributed by atoms with van der Waals surface area (Å²) in [6.45, 7) is 1.68. The van der Waals surface area contributed by atoms with E-state index in [4.69, 9.17) is 9.47 Å². The number of ether oxygens (including phenoxy) is 2. The first kappa shape index (κ1) is 17.0. The number of anilines is 1. The molecule has 21 heavy (non-hydrogen) atoms. The van der Waals surface area contributed by atoms with Gasteiger partial charge >= 0.3 is 5.97 Å². The van der Waals surface area contributed by atoms with Crippen molar-refractivity contribution in [1.82, 2.24) is 5.32 Å². The van der Waals surface area contributed by atoms with E-state index in [1.54, 1.807) is 25.3 Å². The SMILES string of the molecule is COCCCNC(=O)CCNc1ccccc1C(=O)OC. The van der Waals surface area contributed by atoms with Crippen molar-refractivity contribution in [2.24, 2.45) is 0 Å². The maximum Gasteiger partial charge on any atom is 0.339 e. The molecular formula is C15H22N2O4. The molecule has 6 heteroatoms. The summed E-state index contributed by atoms with van der Waals surface area (Å²) < 4.78 is 9.61. The van der Waals surface area contributed by atoms with Crippen LogP contribution in [0.5, 0.6) is 0 Å². The molecule has 0 atom stereocenters. The molecule has 0 aliphatic heterocycles. The fraction of sp³-hybridized carbons (Fsp3) is 0.467. The molecule has 0 spiro atoms. The quantitative estimate of drug-likeness (QED) is 0.532. The van der Waals surface area contributed by atoms with Gasteiger partial charge in [-0.2, -0.15) is 0 Å². The summed E-state index contributed by atoms with van der Waals surface area (Å²) in [6, 6.07) is 7.04. The first-order valence-corrected chi connectivity index (χ1v) is 6.86. The number of rotatable bonds is 9. The van der Waals surface area contributed by atoms with Gasteiger partial charge in [0.15, 0.2) is 0 Å². The van der Waals surface area contributed by atoms with Crippen molar-refractivity contribution >= 4 is 17.6 Å². The van der Waals surface area contributed by atoms with Gasteiger partial charge < -0.3 is 20.1 Å². The molecule has 0 bridgehead atoms. The molecule has 0 heterocycles. The number of benzene rings is 1. The summed E-state index contributed by atoms with van der Waals surface area (Å²) >= 11 is 0. The number of esters is 1. The number of nitrogens with one attached hydrogen (secondary N) is 2. The minimum absolute atomic E-state index is 0.0332. The molecule has 1 aromatic carbocycles. The van der Waals surface area contributed by atoms with Crippen LogP contribution < -0.4 is 10.6 Å². The maximum absolute atomic E-state index is 11.6. The molecule has 0 aliphatic carbocycles. The second-order valence-corrected chi connectivity index (χ2v) is 4.41. The van der Waals surface area contributed by atoms with E-state index in [0.29, 0.717) is 37.4 Å². The van der Waals surface area contributed by atoms with Crippen LogP contribution >= 0.6 is 0 Å². The lowest BCUT2D eigenvalue weighted by atomic mass is 10.2. The molecule has 0 saturated heterocycles. The molecule has 1 rings (SSSR count). The van der Waals surface area contributed by atoms with Gasteiger partial charge in [-0.15, -0.1) is 0 Å². The van der Waals surface area contributed by atoms with Crippen molar-refractivity contribution in [3.8, 4) is 0 Å². The largest absolute Gasteiger partial charge is 0.465 e. The van der Waals surface area contributed by atoms with Crippen LogP contribution in [0.25, 0.3) is 0 Å². The van der Waals surface area contributed by atoms with Crippen molar-refractivity contribution in [2.45, 2.75) is 12.8 Å².